The molecular formula is C14H21N3O3S. The highest BCUT2D eigenvalue weighted by atomic mass is 32.1. The van der Waals surface area contributed by atoms with Gasteiger partial charge in [0.15, 0.2) is 16.6 Å². The quantitative estimate of drug-likeness (QED) is 0.622. The Bertz CT molecular complexity index is 544. The van der Waals surface area contributed by atoms with E-state index in [0.29, 0.717) is 10.9 Å². The third-order valence-electron chi connectivity index (χ3n) is 3.48. The Labute approximate surface area is 128 Å². The number of aromatic nitrogens is 1. The minimum Gasteiger partial charge on any atom is -0.461 e. The zero-order valence-electron chi connectivity index (χ0n) is 12.9. The Morgan fingerprint density at radius 3 is 2.71 bits per heavy atom. The molecule has 1 atom stereocenters. The molecule has 1 aliphatic heterocycles. The van der Waals surface area contributed by atoms with Crippen molar-refractivity contribution in [3.63, 3.8) is 0 Å². The minimum absolute atomic E-state index is 0.149. The average molecular weight is 311 g/mol. The third kappa shape index (κ3) is 3.41. The van der Waals surface area contributed by atoms with Gasteiger partial charge in [-0.05, 0) is 20.9 Å². The van der Waals surface area contributed by atoms with Gasteiger partial charge in [-0.1, -0.05) is 11.3 Å². The summed E-state index contributed by atoms with van der Waals surface area (Å²) >= 11 is 1.28. The van der Waals surface area contributed by atoms with Crippen LogP contribution in [0.25, 0.3) is 0 Å². The summed E-state index contributed by atoms with van der Waals surface area (Å²) in [6, 6.07) is 0.296. The van der Waals surface area contributed by atoms with Gasteiger partial charge >= 0.3 is 5.97 Å². The first-order valence-electron chi connectivity index (χ1n) is 7.08. The number of ether oxygens (including phenoxy) is 1. The predicted molar refractivity (Wildman–Crippen MR) is 82.4 cm³/mol. The smallest absolute Gasteiger partial charge is 0.358 e. The maximum Gasteiger partial charge on any atom is 0.358 e. The molecular weight excluding hydrogens is 290 g/mol. The molecule has 0 N–H and O–H groups in total. The molecule has 1 fully saturated rings. The molecule has 0 bridgehead atoms. The molecule has 1 unspecified atom stereocenters. The first kappa shape index (κ1) is 15.9. The highest BCUT2D eigenvalue weighted by Gasteiger charge is 2.28. The van der Waals surface area contributed by atoms with E-state index in [1.165, 1.54) is 18.3 Å². The number of ketones is 1. The van der Waals surface area contributed by atoms with E-state index < -0.39 is 5.97 Å². The van der Waals surface area contributed by atoms with Crippen LogP contribution in [0.3, 0.4) is 0 Å². The van der Waals surface area contributed by atoms with Gasteiger partial charge in [-0.15, -0.1) is 0 Å². The first-order valence-corrected chi connectivity index (χ1v) is 7.89. The lowest BCUT2D eigenvalue weighted by Crippen LogP contribution is -2.50. The molecule has 21 heavy (non-hydrogen) atoms. The van der Waals surface area contributed by atoms with Crippen LogP contribution in [-0.4, -0.2) is 61.0 Å². The van der Waals surface area contributed by atoms with Gasteiger partial charge in [-0.2, -0.15) is 0 Å². The molecule has 6 nitrogen and oxygen atoms in total. The van der Waals surface area contributed by atoms with E-state index in [-0.39, 0.29) is 18.1 Å². The number of hydrogen-bond donors (Lipinski definition) is 0. The van der Waals surface area contributed by atoms with Gasteiger partial charge in [0.25, 0.3) is 0 Å². The van der Waals surface area contributed by atoms with Crippen molar-refractivity contribution in [2.24, 2.45) is 0 Å². The van der Waals surface area contributed by atoms with Gasteiger partial charge in [0.1, 0.15) is 4.88 Å². The van der Waals surface area contributed by atoms with E-state index in [2.05, 4.69) is 28.8 Å². The van der Waals surface area contributed by atoms with E-state index >= 15 is 0 Å². The number of carbonyl (C=O) groups excluding carboxylic acids is 2. The van der Waals surface area contributed by atoms with Gasteiger partial charge in [0, 0.05) is 32.6 Å². The average Bonchev–Trinajstić information content (AvgIpc) is 2.84. The number of thiazole rings is 1. The summed E-state index contributed by atoms with van der Waals surface area (Å²) < 4.78 is 4.99. The number of esters is 1. The number of piperazine rings is 1. The highest BCUT2D eigenvalue weighted by molar-refractivity contribution is 7.17. The van der Waals surface area contributed by atoms with Crippen LogP contribution in [0.15, 0.2) is 0 Å². The van der Waals surface area contributed by atoms with E-state index in [0.717, 1.165) is 24.8 Å². The molecule has 0 amide bonds. The minimum atomic E-state index is -0.521. The van der Waals surface area contributed by atoms with Crippen LogP contribution in [-0.2, 0) is 4.74 Å². The maximum atomic E-state index is 11.9. The molecule has 1 aromatic heterocycles. The summed E-state index contributed by atoms with van der Waals surface area (Å²) in [6.07, 6.45) is 0. The van der Waals surface area contributed by atoms with Gasteiger partial charge in [-0.3, -0.25) is 4.79 Å². The second kappa shape index (κ2) is 6.53. The summed E-state index contributed by atoms with van der Waals surface area (Å²) in [6.45, 7) is 8.29. The summed E-state index contributed by atoms with van der Waals surface area (Å²) in [7, 11) is 2.08. The number of hydrogen-bond acceptors (Lipinski definition) is 7. The lowest BCUT2D eigenvalue weighted by Gasteiger charge is -2.38. The zero-order valence-corrected chi connectivity index (χ0v) is 13.7. The van der Waals surface area contributed by atoms with Gasteiger partial charge in [0.05, 0.1) is 6.61 Å². The monoisotopic (exact) mass is 311 g/mol. The van der Waals surface area contributed by atoms with E-state index in [1.807, 2.05) is 0 Å². The van der Waals surface area contributed by atoms with Crippen LogP contribution in [0.2, 0.25) is 0 Å². The summed E-state index contributed by atoms with van der Waals surface area (Å²) in [5.74, 6) is -0.671. The van der Waals surface area contributed by atoms with Crippen LogP contribution < -0.4 is 4.90 Å². The molecule has 0 aliphatic carbocycles. The molecule has 2 heterocycles. The Hall–Kier alpha value is -1.47. The molecule has 2 rings (SSSR count). The maximum absolute atomic E-state index is 11.9. The third-order valence-corrected chi connectivity index (χ3v) is 4.67. The molecule has 1 aromatic rings. The fraction of sp³-hybridized carbons (Fsp3) is 0.643. The molecule has 0 radical (unpaired) electrons. The SMILES string of the molecule is CCOC(=O)c1nc(N2CCN(C)CC2C)sc1C(C)=O. The number of carbonyl (C=O) groups is 2. The number of rotatable bonds is 4. The van der Waals surface area contributed by atoms with E-state index in [4.69, 9.17) is 4.74 Å². The van der Waals surface area contributed by atoms with Crippen LogP contribution in [0.1, 0.15) is 40.9 Å². The van der Waals surface area contributed by atoms with Crippen LogP contribution in [0.5, 0.6) is 0 Å². The Balaban J connectivity index is 2.31. The van der Waals surface area contributed by atoms with Crippen molar-refractivity contribution < 1.29 is 14.3 Å². The second-order valence-corrected chi connectivity index (χ2v) is 6.23. The first-order chi connectivity index (χ1) is 9.93. The lowest BCUT2D eigenvalue weighted by molar-refractivity contribution is 0.0517. The zero-order chi connectivity index (χ0) is 15.6. The van der Waals surface area contributed by atoms with Crippen molar-refractivity contribution in [2.45, 2.75) is 26.8 Å². The van der Waals surface area contributed by atoms with Gasteiger partial charge in [-0.25, -0.2) is 9.78 Å². The Morgan fingerprint density at radius 2 is 2.14 bits per heavy atom. The molecule has 7 heteroatoms. The topological polar surface area (TPSA) is 62.7 Å². The summed E-state index contributed by atoms with van der Waals surface area (Å²) in [4.78, 5) is 32.9. The fourth-order valence-electron chi connectivity index (χ4n) is 2.43. The fourth-order valence-corrected chi connectivity index (χ4v) is 3.51. The lowest BCUT2D eigenvalue weighted by atomic mass is 10.2. The van der Waals surface area contributed by atoms with Crippen molar-refractivity contribution in [3.8, 4) is 0 Å². The van der Waals surface area contributed by atoms with Crippen molar-refractivity contribution in [1.82, 2.24) is 9.88 Å². The van der Waals surface area contributed by atoms with Crippen molar-refractivity contribution in [1.29, 1.82) is 0 Å². The van der Waals surface area contributed by atoms with Crippen molar-refractivity contribution in [2.75, 3.05) is 38.2 Å². The molecule has 0 aromatic carbocycles. The molecule has 1 saturated heterocycles. The number of anilines is 1. The van der Waals surface area contributed by atoms with Gasteiger partial charge < -0.3 is 14.5 Å². The number of likely N-dealkylation sites (N-methyl/N-ethyl adjacent to an activating group) is 1. The summed E-state index contributed by atoms with van der Waals surface area (Å²) in [5, 5.41) is 0.726. The van der Waals surface area contributed by atoms with E-state index in [1.54, 1.807) is 6.92 Å². The van der Waals surface area contributed by atoms with Crippen molar-refractivity contribution in [3.05, 3.63) is 10.6 Å². The Kier molecular flexibility index (Phi) is 4.95. The van der Waals surface area contributed by atoms with Crippen LogP contribution in [0.4, 0.5) is 5.13 Å². The standard InChI is InChI=1S/C14H21N3O3S/c1-5-20-13(19)11-12(10(3)18)21-14(15-11)17-7-6-16(4)8-9(17)2/h9H,5-8H2,1-4H3. The normalized spacial score (nSPS) is 19.6. The van der Waals surface area contributed by atoms with Gasteiger partial charge in [0.2, 0.25) is 0 Å². The summed E-state index contributed by atoms with van der Waals surface area (Å²) in [5.41, 5.74) is 0.149. The largest absolute Gasteiger partial charge is 0.461 e. The molecule has 0 saturated carbocycles. The van der Waals surface area contributed by atoms with Crippen molar-refractivity contribution >= 4 is 28.2 Å². The molecule has 116 valence electrons. The number of nitrogens with zero attached hydrogens (tertiary/aromatic N) is 3. The molecule has 1 aliphatic rings. The predicted octanol–water partition coefficient (Wildman–Crippen LogP) is 1.66. The number of Topliss-reactive ketones (excluding diaryl/α,β-unsaturated/α-hetero) is 1. The van der Waals surface area contributed by atoms with Crippen LogP contribution >= 0.6 is 11.3 Å². The van der Waals surface area contributed by atoms with Crippen LogP contribution in [0, 0.1) is 0 Å². The Morgan fingerprint density at radius 1 is 1.43 bits per heavy atom. The highest BCUT2D eigenvalue weighted by Crippen LogP contribution is 2.29. The molecule has 0 spiro atoms. The van der Waals surface area contributed by atoms with E-state index in [9.17, 15) is 9.59 Å². The second-order valence-electron chi connectivity index (χ2n) is 5.26.